The predicted molar refractivity (Wildman–Crippen MR) is 36.4 cm³/mol. The summed E-state index contributed by atoms with van der Waals surface area (Å²) in [5.41, 5.74) is 2.29. The van der Waals surface area contributed by atoms with Gasteiger partial charge in [0.05, 0.1) is 0 Å². The summed E-state index contributed by atoms with van der Waals surface area (Å²) in [7, 11) is 3.31. The summed E-state index contributed by atoms with van der Waals surface area (Å²) in [5, 5.41) is 3.53. The van der Waals surface area contributed by atoms with Gasteiger partial charge in [0.15, 0.2) is 0 Å². The van der Waals surface area contributed by atoms with Crippen molar-refractivity contribution in [1.29, 1.82) is 0 Å². The Morgan fingerprint density at radius 2 is 2.22 bits per heavy atom. The van der Waals surface area contributed by atoms with Gasteiger partial charge in [-0.3, -0.25) is 0 Å². The molecular weight excluding hydrogens is 118 g/mol. The van der Waals surface area contributed by atoms with Gasteiger partial charge in [0.25, 0.3) is 0 Å². The summed E-state index contributed by atoms with van der Waals surface area (Å²) in [4.78, 5) is 12.0. The molecule has 0 saturated heterocycles. The van der Waals surface area contributed by atoms with E-state index in [1.807, 2.05) is 0 Å². The van der Waals surface area contributed by atoms with Crippen LogP contribution in [0, 0.1) is 0 Å². The number of nitrogens with one attached hydrogen (secondary N) is 1. The highest BCUT2D eigenvalue weighted by molar-refractivity contribution is 5.74. The van der Waals surface area contributed by atoms with Crippen LogP contribution in [0.25, 0.3) is 0 Å². The second-order valence-electron chi connectivity index (χ2n) is 1.70. The van der Waals surface area contributed by atoms with Crippen molar-refractivity contribution in [2.24, 2.45) is 5.10 Å². The third-order valence-electron chi connectivity index (χ3n) is 0.695. The molecule has 1 N–H and O–H groups in total. The predicted octanol–water partition coefficient (Wildman–Crippen LogP) is 0.263. The van der Waals surface area contributed by atoms with Gasteiger partial charge in [-0.05, 0) is 6.92 Å². The maximum atomic E-state index is 10.6. The maximum Gasteiger partial charge on any atom is 0.337 e. The van der Waals surface area contributed by atoms with Gasteiger partial charge in [0.1, 0.15) is 0 Å². The van der Waals surface area contributed by atoms with Crippen LogP contribution in [-0.2, 0) is 0 Å². The Kier molecular flexibility index (Phi) is 3.43. The van der Waals surface area contributed by atoms with Crippen molar-refractivity contribution < 1.29 is 4.79 Å². The van der Waals surface area contributed by atoms with Gasteiger partial charge < -0.3 is 4.90 Å². The molecule has 0 radical (unpaired) electrons. The molecule has 0 aliphatic carbocycles. The molecule has 0 atom stereocenters. The zero-order chi connectivity index (χ0) is 7.28. The molecule has 2 amide bonds. The van der Waals surface area contributed by atoms with Crippen molar-refractivity contribution >= 4 is 12.2 Å². The first-order valence-corrected chi connectivity index (χ1v) is 2.63. The van der Waals surface area contributed by atoms with Crippen LogP contribution >= 0.6 is 0 Å². The lowest BCUT2D eigenvalue weighted by molar-refractivity contribution is 0.218. The van der Waals surface area contributed by atoms with Crippen LogP contribution in [0.3, 0.4) is 0 Å². The van der Waals surface area contributed by atoms with Crippen molar-refractivity contribution in [3.8, 4) is 0 Å². The van der Waals surface area contributed by atoms with Crippen molar-refractivity contribution in [2.75, 3.05) is 14.1 Å². The van der Waals surface area contributed by atoms with Crippen LogP contribution in [0.2, 0.25) is 0 Å². The highest BCUT2D eigenvalue weighted by Gasteiger charge is 1.97. The molecule has 0 aromatic rings. The molecule has 0 bridgehead atoms. The van der Waals surface area contributed by atoms with E-state index in [1.54, 1.807) is 21.0 Å². The zero-order valence-electron chi connectivity index (χ0n) is 5.88. The summed E-state index contributed by atoms with van der Waals surface area (Å²) in [6.07, 6.45) is 1.52. The third-order valence-corrected chi connectivity index (χ3v) is 0.695. The fourth-order valence-electron chi connectivity index (χ4n) is 0.220. The number of hydrogen-bond donors (Lipinski definition) is 1. The summed E-state index contributed by atoms with van der Waals surface area (Å²) in [6.45, 7) is 1.73. The Bertz CT molecular complexity index is 119. The second-order valence-corrected chi connectivity index (χ2v) is 1.70. The van der Waals surface area contributed by atoms with Crippen molar-refractivity contribution in [3.05, 3.63) is 0 Å². The maximum absolute atomic E-state index is 10.6. The first-order valence-electron chi connectivity index (χ1n) is 2.63. The van der Waals surface area contributed by atoms with Gasteiger partial charge in [-0.2, -0.15) is 5.10 Å². The van der Waals surface area contributed by atoms with E-state index in [0.717, 1.165) is 0 Å². The molecule has 0 spiro atoms. The molecule has 0 aromatic carbocycles. The number of amides is 2. The van der Waals surface area contributed by atoms with E-state index >= 15 is 0 Å². The van der Waals surface area contributed by atoms with E-state index < -0.39 is 0 Å². The summed E-state index contributed by atoms with van der Waals surface area (Å²) in [6, 6.07) is -0.215. The minimum absolute atomic E-state index is 0.215. The van der Waals surface area contributed by atoms with Gasteiger partial charge in [-0.25, -0.2) is 10.2 Å². The van der Waals surface area contributed by atoms with Crippen LogP contribution in [0.4, 0.5) is 4.79 Å². The molecule has 0 aliphatic rings. The number of carbonyl (C=O) groups is 1. The summed E-state index contributed by atoms with van der Waals surface area (Å²) >= 11 is 0. The SMILES string of the molecule is CC=NNC(=O)N(C)C. The zero-order valence-corrected chi connectivity index (χ0v) is 5.88. The van der Waals surface area contributed by atoms with Gasteiger partial charge >= 0.3 is 6.03 Å². The Balaban J connectivity index is 3.51. The Labute approximate surface area is 54.5 Å². The van der Waals surface area contributed by atoms with E-state index in [-0.39, 0.29) is 6.03 Å². The number of nitrogens with zero attached hydrogens (tertiary/aromatic N) is 2. The smallest absolute Gasteiger partial charge is 0.329 e. The Morgan fingerprint density at radius 1 is 1.67 bits per heavy atom. The Hall–Kier alpha value is -1.06. The van der Waals surface area contributed by atoms with E-state index in [9.17, 15) is 4.79 Å². The lowest BCUT2D eigenvalue weighted by atomic mass is 10.8. The molecule has 4 nitrogen and oxygen atoms in total. The standard InChI is InChI=1S/C5H11N3O/c1-4-6-7-5(9)8(2)3/h4H,1-3H3,(H,7,9). The first kappa shape index (κ1) is 7.94. The third kappa shape index (κ3) is 3.52. The fourth-order valence-corrected chi connectivity index (χ4v) is 0.220. The molecule has 0 unspecified atom stereocenters. The number of rotatable bonds is 1. The molecule has 0 saturated carbocycles. The molecular formula is C5H11N3O. The second kappa shape index (κ2) is 3.88. The lowest BCUT2D eigenvalue weighted by Crippen LogP contribution is -2.30. The van der Waals surface area contributed by atoms with Crippen molar-refractivity contribution in [2.45, 2.75) is 6.92 Å². The molecule has 0 heterocycles. The van der Waals surface area contributed by atoms with Gasteiger partial charge in [-0.1, -0.05) is 0 Å². The molecule has 0 aromatic heterocycles. The van der Waals surface area contributed by atoms with Crippen molar-refractivity contribution in [1.82, 2.24) is 10.3 Å². The van der Waals surface area contributed by atoms with Crippen molar-refractivity contribution in [3.63, 3.8) is 0 Å². The largest absolute Gasteiger partial charge is 0.337 e. The number of urea groups is 1. The van der Waals surface area contributed by atoms with Gasteiger partial charge in [0.2, 0.25) is 0 Å². The highest BCUT2D eigenvalue weighted by Crippen LogP contribution is 1.74. The number of hydrogen-bond acceptors (Lipinski definition) is 2. The number of carbonyl (C=O) groups excluding carboxylic acids is 1. The fraction of sp³-hybridized carbons (Fsp3) is 0.600. The summed E-state index contributed by atoms with van der Waals surface area (Å²) in [5.74, 6) is 0. The average Bonchev–Trinajstić information content (AvgIpc) is 1.82. The van der Waals surface area contributed by atoms with E-state index in [2.05, 4.69) is 10.5 Å². The number of hydrazone groups is 1. The molecule has 0 rings (SSSR count). The minimum Gasteiger partial charge on any atom is -0.329 e. The van der Waals surface area contributed by atoms with E-state index in [0.29, 0.717) is 0 Å². The monoisotopic (exact) mass is 129 g/mol. The molecule has 4 heteroatoms. The lowest BCUT2D eigenvalue weighted by Gasteiger charge is -2.06. The molecule has 0 fully saturated rings. The van der Waals surface area contributed by atoms with E-state index in [1.165, 1.54) is 11.1 Å². The van der Waals surface area contributed by atoms with Gasteiger partial charge in [0, 0.05) is 20.3 Å². The average molecular weight is 129 g/mol. The van der Waals surface area contributed by atoms with Crippen LogP contribution < -0.4 is 5.43 Å². The quantitative estimate of drug-likeness (QED) is 0.400. The van der Waals surface area contributed by atoms with Crippen LogP contribution in [0.5, 0.6) is 0 Å². The van der Waals surface area contributed by atoms with Crippen LogP contribution in [0.15, 0.2) is 5.10 Å². The molecule has 9 heavy (non-hydrogen) atoms. The van der Waals surface area contributed by atoms with Gasteiger partial charge in [-0.15, -0.1) is 0 Å². The molecule has 52 valence electrons. The van der Waals surface area contributed by atoms with Crippen LogP contribution in [0.1, 0.15) is 6.92 Å². The summed E-state index contributed by atoms with van der Waals surface area (Å²) < 4.78 is 0. The highest BCUT2D eigenvalue weighted by atomic mass is 16.2. The first-order chi connectivity index (χ1) is 4.18. The Morgan fingerprint density at radius 3 is 2.56 bits per heavy atom. The molecule has 0 aliphatic heterocycles. The normalized spacial score (nSPS) is 9.67. The minimum atomic E-state index is -0.215. The van der Waals surface area contributed by atoms with Crippen LogP contribution in [-0.4, -0.2) is 31.2 Å². The van der Waals surface area contributed by atoms with E-state index in [4.69, 9.17) is 0 Å². The topological polar surface area (TPSA) is 44.7 Å².